The molecule has 2 spiro atoms. The first-order valence-electron chi connectivity index (χ1n) is 10.9. The lowest BCUT2D eigenvalue weighted by molar-refractivity contribution is -0.302. The number of benzene rings is 1. The fourth-order valence-electron chi connectivity index (χ4n) is 7.96. The van der Waals surface area contributed by atoms with Gasteiger partial charge in [0.25, 0.3) is 0 Å². The molecule has 1 unspecified atom stereocenters. The van der Waals surface area contributed by atoms with E-state index in [0.717, 1.165) is 37.3 Å². The van der Waals surface area contributed by atoms with Gasteiger partial charge in [-0.1, -0.05) is 18.2 Å². The summed E-state index contributed by atoms with van der Waals surface area (Å²) < 4.78 is 24.5. The van der Waals surface area contributed by atoms with Crippen LogP contribution in [0.2, 0.25) is 0 Å². The maximum absolute atomic E-state index is 11.3. The predicted molar refractivity (Wildman–Crippen MR) is 111 cm³/mol. The van der Waals surface area contributed by atoms with Crippen molar-refractivity contribution in [2.24, 2.45) is 11.3 Å². The van der Waals surface area contributed by atoms with Gasteiger partial charge in [0, 0.05) is 37.2 Å². The maximum Gasteiger partial charge on any atom is 0.168 e. The normalized spacial score (nSPS) is 44.4. The minimum Gasteiger partial charge on any atom is -0.493 e. The van der Waals surface area contributed by atoms with E-state index < -0.39 is 11.4 Å². The zero-order valence-electron chi connectivity index (χ0n) is 18.4. The lowest BCUT2D eigenvalue weighted by Crippen LogP contribution is -2.80. The Morgan fingerprint density at radius 3 is 2.73 bits per heavy atom. The van der Waals surface area contributed by atoms with Crippen molar-refractivity contribution in [2.75, 3.05) is 34.9 Å². The highest BCUT2D eigenvalue weighted by molar-refractivity contribution is 5.65. The molecule has 4 aliphatic carbocycles. The van der Waals surface area contributed by atoms with E-state index >= 15 is 0 Å². The Balaban J connectivity index is 1.69. The number of fused-ring (bicyclic) bond motifs is 1. The average Bonchev–Trinajstić information content (AvgIpc) is 3.13. The second-order valence-electron chi connectivity index (χ2n) is 10.00. The molecule has 2 aliphatic heterocycles. The quantitative estimate of drug-likeness (QED) is 0.604. The van der Waals surface area contributed by atoms with E-state index in [-0.39, 0.29) is 22.9 Å². The first-order valence-corrected chi connectivity index (χ1v) is 10.9. The van der Waals surface area contributed by atoms with Crippen LogP contribution >= 0.6 is 0 Å². The van der Waals surface area contributed by atoms with Gasteiger partial charge in [0.05, 0.1) is 12.5 Å². The van der Waals surface area contributed by atoms with Crippen LogP contribution in [0.15, 0.2) is 24.3 Å². The number of hydrogen-bond acceptors (Lipinski definition) is 6. The number of likely N-dealkylation sites (tertiary alicyclic amines) is 1. The largest absolute Gasteiger partial charge is 0.493 e. The fraction of sp³-hybridized carbons (Fsp3) is 0.667. The van der Waals surface area contributed by atoms with Crippen molar-refractivity contribution in [3.8, 4) is 11.5 Å². The molecule has 4 bridgehead atoms. The van der Waals surface area contributed by atoms with Crippen molar-refractivity contribution in [3.63, 3.8) is 0 Å². The van der Waals surface area contributed by atoms with Gasteiger partial charge in [-0.25, -0.2) is 0 Å². The summed E-state index contributed by atoms with van der Waals surface area (Å²) in [5.74, 6) is 0.0741. The summed E-state index contributed by atoms with van der Waals surface area (Å²) in [5, 5.41) is 11.3. The Labute approximate surface area is 177 Å². The number of rotatable bonds is 4. The molecule has 7 rings (SSSR count). The van der Waals surface area contributed by atoms with Crippen LogP contribution in [0.1, 0.15) is 30.9 Å². The van der Waals surface area contributed by atoms with Crippen molar-refractivity contribution < 1.29 is 24.1 Å². The van der Waals surface area contributed by atoms with Gasteiger partial charge in [-0.2, -0.15) is 0 Å². The zero-order valence-corrected chi connectivity index (χ0v) is 18.4. The van der Waals surface area contributed by atoms with Crippen LogP contribution in [0.5, 0.6) is 11.5 Å². The molecule has 6 heteroatoms. The molecule has 1 saturated carbocycles. The van der Waals surface area contributed by atoms with Gasteiger partial charge in [-0.15, -0.1) is 0 Å². The first kappa shape index (κ1) is 19.1. The average molecular weight is 414 g/mol. The number of hydrogen-bond donors (Lipinski definition) is 1. The SMILES string of the molecule is COc1ccc2c3c1O[C@H]1C4(OC)C=C[C@]5(C[C@@H]4[C@@](C)(O)OC)[C@@H](C2)N(C)CC[C@]315. The van der Waals surface area contributed by atoms with Gasteiger partial charge in [0.1, 0.15) is 11.7 Å². The first-order chi connectivity index (χ1) is 14.3. The van der Waals surface area contributed by atoms with Crippen LogP contribution in [-0.2, 0) is 21.3 Å². The molecule has 2 fully saturated rings. The molecule has 0 amide bonds. The van der Waals surface area contributed by atoms with Crippen LogP contribution in [0.4, 0.5) is 0 Å². The van der Waals surface area contributed by atoms with Crippen molar-refractivity contribution in [2.45, 2.75) is 55.1 Å². The lowest BCUT2D eigenvalue weighted by atomic mass is 9.36. The van der Waals surface area contributed by atoms with E-state index in [9.17, 15) is 5.11 Å². The van der Waals surface area contributed by atoms with Crippen molar-refractivity contribution in [3.05, 3.63) is 35.4 Å². The summed E-state index contributed by atoms with van der Waals surface area (Å²) in [6.07, 6.45) is 7.09. The monoisotopic (exact) mass is 413 g/mol. The summed E-state index contributed by atoms with van der Waals surface area (Å²) in [5.41, 5.74) is 1.56. The number of likely N-dealkylation sites (N-methyl/N-ethyl adjacent to an activating group) is 1. The Bertz CT molecular complexity index is 959. The van der Waals surface area contributed by atoms with Gasteiger partial charge in [-0.3, -0.25) is 0 Å². The fourth-order valence-corrected chi connectivity index (χ4v) is 7.96. The highest BCUT2D eigenvalue weighted by Crippen LogP contribution is 2.75. The molecule has 7 atom stereocenters. The summed E-state index contributed by atoms with van der Waals surface area (Å²) >= 11 is 0. The van der Waals surface area contributed by atoms with Crippen LogP contribution < -0.4 is 9.47 Å². The van der Waals surface area contributed by atoms with E-state index in [1.165, 1.54) is 11.1 Å². The summed E-state index contributed by atoms with van der Waals surface area (Å²) in [6.45, 7) is 2.77. The minimum absolute atomic E-state index is 0.150. The number of aliphatic hydroxyl groups is 1. The molecule has 1 saturated heterocycles. The lowest BCUT2D eigenvalue weighted by Gasteiger charge is -2.72. The zero-order chi connectivity index (χ0) is 21.1. The Hall–Kier alpha value is -1.60. The van der Waals surface area contributed by atoms with E-state index in [4.69, 9.17) is 18.9 Å². The van der Waals surface area contributed by atoms with E-state index in [0.29, 0.717) is 6.04 Å². The van der Waals surface area contributed by atoms with Crippen molar-refractivity contribution in [1.82, 2.24) is 4.90 Å². The van der Waals surface area contributed by atoms with Crippen LogP contribution in [0.3, 0.4) is 0 Å². The Morgan fingerprint density at radius 1 is 1.23 bits per heavy atom. The van der Waals surface area contributed by atoms with E-state index in [2.05, 4.69) is 30.2 Å². The minimum atomic E-state index is -1.33. The van der Waals surface area contributed by atoms with Gasteiger partial charge in [0.15, 0.2) is 17.3 Å². The van der Waals surface area contributed by atoms with E-state index in [1.54, 1.807) is 28.3 Å². The van der Waals surface area contributed by atoms with Crippen molar-refractivity contribution >= 4 is 0 Å². The molecule has 0 radical (unpaired) electrons. The van der Waals surface area contributed by atoms with Crippen LogP contribution in [0.25, 0.3) is 0 Å². The highest BCUT2D eigenvalue weighted by Gasteiger charge is 2.80. The Kier molecular flexibility index (Phi) is 3.57. The maximum atomic E-state index is 11.3. The molecule has 1 N–H and O–H groups in total. The summed E-state index contributed by atoms with van der Waals surface area (Å²) in [7, 11) is 7.24. The van der Waals surface area contributed by atoms with Crippen molar-refractivity contribution in [1.29, 1.82) is 0 Å². The van der Waals surface area contributed by atoms with Gasteiger partial charge in [-0.05, 0) is 51.4 Å². The number of piperidine rings is 1. The highest BCUT2D eigenvalue weighted by atomic mass is 16.6. The second-order valence-corrected chi connectivity index (χ2v) is 10.00. The topological polar surface area (TPSA) is 60.4 Å². The predicted octanol–water partition coefficient (Wildman–Crippen LogP) is 2.27. The third-order valence-corrected chi connectivity index (χ3v) is 9.34. The van der Waals surface area contributed by atoms with Crippen LogP contribution in [0, 0.1) is 11.3 Å². The molecular weight excluding hydrogens is 382 g/mol. The molecule has 0 aromatic heterocycles. The third kappa shape index (κ3) is 1.76. The third-order valence-electron chi connectivity index (χ3n) is 9.34. The smallest absolute Gasteiger partial charge is 0.168 e. The Morgan fingerprint density at radius 2 is 2.03 bits per heavy atom. The van der Waals surface area contributed by atoms with Gasteiger partial charge in [0.2, 0.25) is 0 Å². The summed E-state index contributed by atoms with van der Waals surface area (Å²) in [6, 6.07) is 4.59. The van der Waals surface area contributed by atoms with Gasteiger partial charge >= 0.3 is 0 Å². The molecule has 6 aliphatic rings. The molecule has 30 heavy (non-hydrogen) atoms. The number of methoxy groups -OCH3 is 3. The number of nitrogens with zero attached hydrogens (tertiary/aromatic N) is 1. The van der Waals surface area contributed by atoms with E-state index in [1.807, 2.05) is 6.07 Å². The molecule has 162 valence electrons. The summed E-state index contributed by atoms with van der Waals surface area (Å²) in [4.78, 5) is 2.50. The molecule has 6 nitrogen and oxygen atoms in total. The molecule has 2 heterocycles. The molecule has 1 aromatic carbocycles. The molecular formula is C24H31NO5. The number of ether oxygens (including phenoxy) is 4. The standard InChI is InChI=1S/C24H31NO5/c1-21(26,28-4)16-13-22-8-9-24(16,29-5)20-23(22)10-11-25(2)17(22)12-14-6-7-15(27-3)19(30-20)18(14)23/h6-9,16-17,20,26H,10-13H2,1-5H3/t16-,17-,20-,21+,22+,23+,24?/m1/s1. The van der Waals surface area contributed by atoms with Crippen LogP contribution in [-0.4, -0.2) is 68.5 Å². The molecule has 1 aromatic rings. The second kappa shape index (κ2) is 5.60. The van der Waals surface area contributed by atoms with Gasteiger partial charge < -0.3 is 29.0 Å².